The van der Waals surface area contributed by atoms with Gasteiger partial charge in [0, 0.05) is 13.6 Å². The van der Waals surface area contributed by atoms with Crippen molar-refractivity contribution in [2.45, 2.75) is 32.9 Å². The Hall–Kier alpha value is -2.04. The highest BCUT2D eigenvalue weighted by Gasteiger charge is 2.25. The molecule has 0 unspecified atom stereocenters. The molecule has 1 aromatic rings. The van der Waals surface area contributed by atoms with E-state index in [1.165, 1.54) is 4.90 Å². The zero-order chi connectivity index (χ0) is 15.0. The maximum atomic E-state index is 11.9. The molecule has 0 spiro atoms. The molecule has 2 amide bonds. The number of ether oxygens (including phenoxy) is 1. The van der Waals surface area contributed by atoms with E-state index >= 15 is 0 Å². The first-order valence-electron chi connectivity index (χ1n) is 6.81. The van der Waals surface area contributed by atoms with Crippen LogP contribution in [0.1, 0.15) is 25.8 Å². The first kappa shape index (κ1) is 16.0. The van der Waals surface area contributed by atoms with Crippen molar-refractivity contribution in [1.82, 2.24) is 10.2 Å². The lowest BCUT2D eigenvalue weighted by Crippen LogP contribution is -2.47. The van der Waals surface area contributed by atoms with E-state index in [1.54, 1.807) is 7.05 Å². The number of carbonyl (C=O) groups excluding carboxylic acids is 2. The summed E-state index contributed by atoms with van der Waals surface area (Å²) < 4.78 is 5.21. The largest absolute Gasteiger partial charge is 0.445 e. The molecule has 0 aliphatic heterocycles. The minimum atomic E-state index is -0.502. The van der Waals surface area contributed by atoms with Gasteiger partial charge in [-0.05, 0) is 18.9 Å². The number of nitrogens with one attached hydrogen (secondary N) is 1. The van der Waals surface area contributed by atoms with Crippen LogP contribution in [0.5, 0.6) is 0 Å². The maximum Gasteiger partial charge on any atom is 0.410 e. The average molecular weight is 278 g/mol. The van der Waals surface area contributed by atoms with Crippen LogP contribution in [-0.4, -0.2) is 36.5 Å². The summed E-state index contributed by atoms with van der Waals surface area (Å²) in [6.07, 6.45) is 0.0509. The van der Waals surface area contributed by atoms with Gasteiger partial charge in [-0.3, -0.25) is 9.69 Å². The van der Waals surface area contributed by atoms with Gasteiger partial charge in [-0.25, -0.2) is 4.79 Å². The predicted molar refractivity (Wildman–Crippen MR) is 77.2 cm³/mol. The molecule has 5 nitrogen and oxygen atoms in total. The van der Waals surface area contributed by atoms with Gasteiger partial charge in [-0.1, -0.05) is 37.3 Å². The third kappa shape index (κ3) is 4.57. The number of amides is 2. The van der Waals surface area contributed by atoms with Gasteiger partial charge < -0.3 is 10.1 Å². The van der Waals surface area contributed by atoms with Gasteiger partial charge in [-0.2, -0.15) is 0 Å². The Bertz CT molecular complexity index is 434. The summed E-state index contributed by atoms with van der Waals surface area (Å²) in [6, 6.07) is 8.94. The highest BCUT2D eigenvalue weighted by atomic mass is 16.6. The SMILES string of the molecule is CCNC(=O)[C@H](CC)N(C)C(=O)OCc1ccccc1. The summed E-state index contributed by atoms with van der Waals surface area (Å²) >= 11 is 0. The van der Waals surface area contributed by atoms with Crippen molar-refractivity contribution in [1.29, 1.82) is 0 Å². The van der Waals surface area contributed by atoms with Crippen molar-refractivity contribution < 1.29 is 14.3 Å². The quantitative estimate of drug-likeness (QED) is 0.867. The monoisotopic (exact) mass is 278 g/mol. The molecule has 0 fully saturated rings. The van der Waals surface area contributed by atoms with Crippen LogP contribution in [0.2, 0.25) is 0 Å². The van der Waals surface area contributed by atoms with Crippen molar-refractivity contribution in [2.75, 3.05) is 13.6 Å². The molecule has 0 heterocycles. The molecular formula is C15H22N2O3. The third-order valence-corrected chi connectivity index (χ3v) is 3.00. The number of hydrogen-bond acceptors (Lipinski definition) is 3. The minimum absolute atomic E-state index is 0.158. The number of benzene rings is 1. The molecule has 0 aliphatic rings. The molecule has 110 valence electrons. The average Bonchev–Trinajstić information content (AvgIpc) is 2.46. The van der Waals surface area contributed by atoms with Gasteiger partial charge in [0.05, 0.1) is 0 Å². The first-order valence-corrected chi connectivity index (χ1v) is 6.81. The number of likely N-dealkylation sites (N-methyl/N-ethyl adjacent to an activating group) is 2. The molecule has 0 saturated carbocycles. The Morgan fingerprint density at radius 2 is 1.90 bits per heavy atom. The molecular weight excluding hydrogens is 256 g/mol. The number of carbonyl (C=O) groups is 2. The number of hydrogen-bond donors (Lipinski definition) is 1. The van der Waals surface area contributed by atoms with E-state index in [9.17, 15) is 9.59 Å². The maximum absolute atomic E-state index is 11.9. The second kappa shape index (κ2) is 8.19. The van der Waals surface area contributed by atoms with Crippen molar-refractivity contribution in [3.8, 4) is 0 Å². The van der Waals surface area contributed by atoms with Crippen LogP contribution in [0, 0.1) is 0 Å². The normalized spacial score (nSPS) is 11.6. The van der Waals surface area contributed by atoms with Gasteiger partial charge >= 0.3 is 6.09 Å². The Kier molecular flexibility index (Phi) is 6.56. The van der Waals surface area contributed by atoms with Gasteiger partial charge in [0.15, 0.2) is 0 Å². The van der Waals surface area contributed by atoms with Crippen LogP contribution < -0.4 is 5.32 Å². The van der Waals surface area contributed by atoms with Crippen LogP contribution in [0.15, 0.2) is 30.3 Å². The van der Waals surface area contributed by atoms with Gasteiger partial charge in [0.25, 0.3) is 0 Å². The molecule has 0 aliphatic carbocycles. The van der Waals surface area contributed by atoms with Gasteiger partial charge in [-0.15, -0.1) is 0 Å². The Balaban J connectivity index is 2.54. The fraction of sp³-hybridized carbons (Fsp3) is 0.467. The standard InChI is InChI=1S/C15H22N2O3/c1-4-13(14(18)16-5-2)17(3)15(19)20-11-12-9-7-6-8-10-12/h6-10,13H,4-5,11H2,1-3H3,(H,16,18)/t13-/m0/s1. The van der Waals surface area contributed by atoms with E-state index < -0.39 is 12.1 Å². The van der Waals surface area contributed by atoms with Crippen molar-refractivity contribution in [3.63, 3.8) is 0 Å². The third-order valence-electron chi connectivity index (χ3n) is 3.00. The highest BCUT2D eigenvalue weighted by Crippen LogP contribution is 2.07. The lowest BCUT2D eigenvalue weighted by atomic mass is 10.2. The second-order valence-corrected chi connectivity index (χ2v) is 4.47. The Morgan fingerprint density at radius 3 is 2.45 bits per heavy atom. The topological polar surface area (TPSA) is 58.6 Å². The first-order chi connectivity index (χ1) is 9.60. The zero-order valence-corrected chi connectivity index (χ0v) is 12.3. The molecule has 0 aromatic heterocycles. The van der Waals surface area contributed by atoms with Crippen LogP contribution in [0.4, 0.5) is 4.79 Å². The fourth-order valence-corrected chi connectivity index (χ4v) is 1.88. The van der Waals surface area contributed by atoms with Crippen LogP contribution in [0.25, 0.3) is 0 Å². The lowest BCUT2D eigenvalue weighted by Gasteiger charge is -2.25. The summed E-state index contributed by atoms with van der Waals surface area (Å²) in [7, 11) is 1.58. The molecule has 0 saturated heterocycles. The summed E-state index contributed by atoms with van der Waals surface area (Å²) in [5, 5.41) is 2.72. The van der Waals surface area contributed by atoms with Crippen LogP contribution in [0.3, 0.4) is 0 Å². The molecule has 1 aromatic carbocycles. The van der Waals surface area contributed by atoms with Crippen LogP contribution in [-0.2, 0) is 16.1 Å². The van der Waals surface area contributed by atoms with Gasteiger partial charge in [0.1, 0.15) is 12.6 Å². The zero-order valence-electron chi connectivity index (χ0n) is 12.3. The minimum Gasteiger partial charge on any atom is -0.445 e. The highest BCUT2D eigenvalue weighted by molar-refractivity contribution is 5.85. The lowest BCUT2D eigenvalue weighted by molar-refractivity contribution is -0.125. The van der Waals surface area contributed by atoms with E-state index in [0.29, 0.717) is 13.0 Å². The van der Waals surface area contributed by atoms with Crippen molar-refractivity contribution in [2.24, 2.45) is 0 Å². The van der Waals surface area contributed by atoms with Crippen molar-refractivity contribution in [3.05, 3.63) is 35.9 Å². The Morgan fingerprint density at radius 1 is 1.25 bits per heavy atom. The molecule has 0 bridgehead atoms. The second-order valence-electron chi connectivity index (χ2n) is 4.47. The Labute approximate surface area is 119 Å². The smallest absolute Gasteiger partial charge is 0.410 e. The van der Waals surface area contributed by atoms with Crippen molar-refractivity contribution >= 4 is 12.0 Å². The van der Waals surface area contributed by atoms with Gasteiger partial charge in [0.2, 0.25) is 5.91 Å². The molecule has 0 radical (unpaired) electrons. The molecule has 5 heteroatoms. The summed E-state index contributed by atoms with van der Waals surface area (Å²) in [5.41, 5.74) is 0.917. The molecule has 1 atom stereocenters. The predicted octanol–water partition coefficient (Wildman–Crippen LogP) is 2.17. The fourth-order valence-electron chi connectivity index (χ4n) is 1.88. The van der Waals surface area contributed by atoms with E-state index in [0.717, 1.165) is 5.56 Å². The molecule has 1 N–H and O–H groups in total. The summed E-state index contributed by atoms with van der Waals surface area (Å²) in [5.74, 6) is -0.158. The van der Waals surface area contributed by atoms with E-state index in [-0.39, 0.29) is 12.5 Å². The van der Waals surface area contributed by atoms with E-state index in [1.807, 2.05) is 44.2 Å². The molecule has 20 heavy (non-hydrogen) atoms. The van der Waals surface area contributed by atoms with E-state index in [2.05, 4.69) is 5.32 Å². The number of nitrogens with zero attached hydrogens (tertiary/aromatic N) is 1. The number of rotatable bonds is 6. The van der Waals surface area contributed by atoms with Crippen LogP contribution >= 0.6 is 0 Å². The van der Waals surface area contributed by atoms with E-state index in [4.69, 9.17) is 4.74 Å². The summed E-state index contributed by atoms with van der Waals surface area (Å²) in [6.45, 7) is 4.46. The summed E-state index contributed by atoms with van der Waals surface area (Å²) in [4.78, 5) is 25.1. The molecule has 1 rings (SSSR count).